The molecule has 1 aromatic rings. The maximum absolute atomic E-state index is 8.97. The molecule has 0 atom stereocenters. The molecular weight excluding hydrogens is 216 g/mol. The Morgan fingerprint density at radius 3 is 2.65 bits per heavy atom. The highest BCUT2D eigenvalue weighted by atomic mass is 16.5. The van der Waals surface area contributed by atoms with E-state index in [4.69, 9.17) is 14.7 Å². The normalized spacial score (nSPS) is 14.6. The molecule has 0 saturated heterocycles. The summed E-state index contributed by atoms with van der Waals surface area (Å²) in [6, 6.07) is 7.84. The minimum atomic E-state index is -0.597. The third-order valence-corrected chi connectivity index (χ3v) is 2.48. The fraction of sp³-hybridized carbons (Fsp3) is 0.462. The van der Waals surface area contributed by atoms with Crippen molar-refractivity contribution in [2.24, 2.45) is 0 Å². The molecule has 1 aliphatic heterocycles. The van der Waals surface area contributed by atoms with Gasteiger partial charge in [0.1, 0.15) is 5.54 Å². The van der Waals surface area contributed by atoms with Crippen LogP contribution in [0.25, 0.3) is 0 Å². The quantitative estimate of drug-likeness (QED) is 0.851. The van der Waals surface area contributed by atoms with Gasteiger partial charge in [0.2, 0.25) is 0 Å². The lowest BCUT2D eigenvalue weighted by molar-refractivity contribution is 0.297. The zero-order valence-corrected chi connectivity index (χ0v) is 10.1. The number of rotatable bonds is 2. The van der Waals surface area contributed by atoms with Crippen molar-refractivity contribution in [2.75, 3.05) is 18.5 Å². The molecule has 0 aliphatic carbocycles. The molecule has 0 bridgehead atoms. The molecule has 0 amide bonds. The summed E-state index contributed by atoms with van der Waals surface area (Å²) in [6.45, 7) is 5.01. The molecule has 1 N–H and O–H groups in total. The van der Waals surface area contributed by atoms with Gasteiger partial charge in [0.05, 0.1) is 19.3 Å². The first-order chi connectivity index (χ1) is 8.11. The first-order valence-electron chi connectivity index (χ1n) is 5.70. The number of hydrogen-bond donors (Lipinski definition) is 1. The average molecular weight is 232 g/mol. The van der Waals surface area contributed by atoms with Crippen LogP contribution < -0.4 is 14.8 Å². The van der Waals surface area contributed by atoms with Crippen LogP contribution in [0.1, 0.15) is 20.3 Å². The zero-order chi connectivity index (χ0) is 12.3. The van der Waals surface area contributed by atoms with Gasteiger partial charge in [-0.25, -0.2) is 0 Å². The van der Waals surface area contributed by atoms with Gasteiger partial charge in [-0.3, -0.25) is 0 Å². The number of hydrogen-bond acceptors (Lipinski definition) is 4. The van der Waals surface area contributed by atoms with E-state index in [0.717, 1.165) is 23.6 Å². The van der Waals surface area contributed by atoms with Crippen LogP contribution in [0.5, 0.6) is 11.5 Å². The monoisotopic (exact) mass is 232 g/mol. The molecule has 0 unspecified atom stereocenters. The highest BCUT2D eigenvalue weighted by molar-refractivity contribution is 5.56. The molecule has 2 rings (SSSR count). The van der Waals surface area contributed by atoms with E-state index in [1.54, 1.807) is 0 Å². The summed E-state index contributed by atoms with van der Waals surface area (Å²) in [5, 5.41) is 12.1. The topological polar surface area (TPSA) is 54.3 Å². The summed E-state index contributed by atoms with van der Waals surface area (Å²) in [5.74, 6) is 1.50. The molecule has 4 nitrogen and oxygen atoms in total. The lowest BCUT2D eigenvalue weighted by Gasteiger charge is -2.20. The third kappa shape index (κ3) is 2.82. The van der Waals surface area contributed by atoms with Crippen LogP contribution in [0, 0.1) is 11.3 Å². The lowest BCUT2D eigenvalue weighted by Crippen LogP contribution is -2.28. The van der Waals surface area contributed by atoms with Gasteiger partial charge in [-0.1, -0.05) is 0 Å². The van der Waals surface area contributed by atoms with E-state index in [1.807, 2.05) is 32.0 Å². The Morgan fingerprint density at radius 1 is 1.24 bits per heavy atom. The highest BCUT2D eigenvalue weighted by Crippen LogP contribution is 2.33. The predicted octanol–water partition coefficient (Wildman–Crippen LogP) is 2.56. The van der Waals surface area contributed by atoms with E-state index >= 15 is 0 Å². The van der Waals surface area contributed by atoms with Gasteiger partial charge in [0.15, 0.2) is 11.5 Å². The second-order valence-electron chi connectivity index (χ2n) is 4.57. The van der Waals surface area contributed by atoms with Gasteiger partial charge in [-0.05, 0) is 26.0 Å². The summed E-state index contributed by atoms with van der Waals surface area (Å²) in [5.41, 5.74) is 0.264. The molecular formula is C13H16N2O2. The van der Waals surface area contributed by atoms with E-state index in [9.17, 15) is 0 Å². The first kappa shape index (κ1) is 11.6. The van der Waals surface area contributed by atoms with Crippen molar-refractivity contribution in [2.45, 2.75) is 25.8 Å². The Morgan fingerprint density at radius 2 is 1.94 bits per heavy atom. The van der Waals surface area contributed by atoms with Gasteiger partial charge in [-0.2, -0.15) is 5.26 Å². The van der Waals surface area contributed by atoms with E-state index in [0.29, 0.717) is 13.2 Å². The summed E-state index contributed by atoms with van der Waals surface area (Å²) in [4.78, 5) is 0. The molecule has 0 aromatic heterocycles. The highest BCUT2D eigenvalue weighted by Gasteiger charge is 2.17. The molecule has 0 radical (unpaired) electrons. The van der Waals surface area contributed by atoms with Gasteiger partial charge in [-0.15, -0.1) is 0 Å². The number of nitrogens with zero attached hydrogens (tertiary/aromatic N) is 1. The van der Waals surface area contributed by atoms with Crippen molar-refractivity contribution in [3.05, 3.63) is 18.2 Å². The van der Waals surface area contributed by atoms with Crippen molar-refractivity contribution < 1.29 is 9.47 Å². The lowest BCUT2D eigenvalue weighted by atomic mass is 10.1. The van der Waals surface area contributed by atoms with Crippen LogP contribution in [-0.4, -0.2) is 18.8 Å². The number of fused-ring (bicyclic) bond motifs is 1. The number of anilines is 1. The van der Waals surface area contributed by atoms with Crippen molar-refractivity contribution in [3.8, 4) is 17.6 Å². The molecule has 17 heavy (non-hydrogen) atoms. The van der Waals surface area contributed by atoms with Crippen LogP contribution in [0.2, 0.25) is 0 Å². The molecule has 1 heterocycles. The van der Waals surface area contributed by atoms with E-state index in [2.05, 4.69) is 11.4 Å². The summed E-state index contributed by atoms with van der Waals surface area (Å²) in [6.07, 6.45) is 0.890. The van der Waals surface area contributed by atoms with Crippen LogP contribution >= 0.6 is 0 Å². The maximum atomic E-state index is 8.97. The smallest absolute Gasteiger partial charge is 0.163 e. The average Bonchev–Trinajstić information content (AvgIpc) is 2.53. The Bertz CT molecular complexity index is 449. The summed E-state index contributed by atoms with van der Waals surface area (Å²) in [7, 11) is 0. The first-order valence-corrected chi connectivity index (χ1v) is 5.70. The minimum Gasteiger partial charge on any atom is -0.490 e. The van der Waals surface area contributed by atoms with Gasteiger partial charge in [0.25, 0.3) is 0 Å². The molecule has 0 fully saturated rings. The van der Waals surface area contributed by atoms with Crippen LogP contribution in [0.3, 0.4) is 0 Å². The maximum Gasteiger partial charge on any atom is 0.163 e. The summed E-state index contributed by atoms with van der Waals surface area (Å²) >= 11 is 0. The van der Waals surface area contributed by atoms with Crippen molar-refractivity contribution in [1.82, 2.24) is 0 Å². The van der Waals surface area contributed by atoms with Crippen molar-refractivity contribution in [3.63, 3.8) is 0 Å². The Kier molecular flexibility index (Phi) is 3.10. The SMILES string of the molecule is CC(C)(C#N)Nc1ccc2c(c1)OCCCO2. The fourth-order valence-corrected chi connectivity index (χ4v) is 1.63. The minimum absolute atomic E-state index is 0.597. The van der Waals surface area contributed by atoms with Crippen molar-refractivity contribution in [1.29, 1.82) is 5.26 Å². The van der Waals surface area contributed by atoms with Crippen LogP contribution in [-0.2, 0) is 0 Å². The summed E-state index contributed by atoms with van der Waals surface area (Å²) < 4.78 is 11.1. The predicted molar refractivity (Wildman–Crippen MR) is 65.4 cm³/mol. The Hall–Kier alpha value is -1.89. The van der Waals surface area contributed by atoms with Crippen LogP contribution in [0.15, 0.2) is 18.2 Å². The second-order valence-corrected chi connectivity index (χ2v) is 4.57. The van der Waals surface area contributed by atoms with Gasteiger partial charge < -0.3 is 14.8 Å². The molecule has 0 saturated carbocycles. The molecule has 1 aromatic carbocycles. The van der Waals surface area contributed by atoms with Gasteiger partial charge in [0, 0.05) is 18.2 Å². The Balaban J connectivity index is 2.21. The van der Waals surface area contributed by atoms with E-state index < -0.39 is 5.54 Å². The number of nitrogens with one attached hydrogen (secondary N) is 1. The van der Waals surface area contributed by atoms with Gasteiger partial charge >= 0.3 is 0 Å². The Labute approximate surface area is 101 Å². The molecule has 0 spiro atoms. The third-order valence-electron chi connectivity index (χ3n) is 2.48. The van der Waals surface area contributed by atoms with E-state index in [1.165, 1.54) is 0 Å². The molecule has 90 valence electrons. The van der Waals surface area contributed by atoms with Crippen LogP contribution in [0.4, 0.5) is 5.69 Å². The van der Waals surface area contributed by atoms with E-state index in [-0.39, 0.29) is 0 Å². The second kappa shape index (κ2) is 4.54. The number of ether oxygens (including phenoxy) is 2. The fourth-order valence-electron chi connectivity index (χ4n) is 1.63. The standard InChI is InChI=1S/C13H16N2O2/c1-13(2,9-14)15-10-4-5-11-12(8-10)17-7-3-6-16-11/h4-5,8,15H,3,6-7H2,1-2H3. The zero-order valence-electron chi connectivity index (χ0n) is 10.1. The number of nitriles is 1. The number of benzene rings is 1. The molecule has 1 aliphatic rings. The van der Waals surface area contributed by atoms with Crippen molar-refractivity contribution >= 4 is 5.69 Å². The molecule has 4 heteroatoms. The largest absolute Gasteiger partial charge is 0.490 e.